The van der Waals surface area contributed by atoms with Crippen LogP contribution in [-0.2, 0) is 27.1 Å². The van der Waals surface area contributed by atoms with Crippen molar-refractivity contribution in [2.75, 3.05) is 40.3 Å². The van der Waals surface area contributed by atoms with Crippen LogP contribution in [0.25, 0.3) is 0 Å². The first-order valence-electron chi connectivity index (χ1n) is 15.3. The van der Waals surface area contributed by atoms with Crippen LogP contribution in [0, 0.1) is 5.92 Å². The average molecular weight is 608 g/mol. The molecule has 2 aliphatic rings. The number of rotatable bonds is 10. The van der Waals surface area contributed by atoms with E-state index < -0.39 is 11.0 Å². The number of carbonyl (C=O) groups excluding carboxylic acids is 1. The van der Waals surface area contributed by atoms with Gasteiger partial charge in [-0.3, -0.25) is 4.79 Å². The molecule has 0 radical (unpaired) electrons. The topological polar surface area (TPSA) is 73.3 Å². The molecule has 1 aliphatic carbocycles. The van der Waals surface area contributed by atoms with Gasteiger partial charge in [-0.2, -0.15) is 0 Å². The molecule has 1 heterocycles. The maximum atomic E-state index is 12.8. The van der Waals surface area contributed by atoms with E-state index in [9.17, 15) is 14.1 Å². The number of phenolic OH excluding ortho intramolecular Hbond substituents is 1. The van der Waals surface area contributed by atoms with Gasteiger partial charge in [-0.15, -0.1) is 0 Å². The molecule has 0 aromatic heterocycles. The van der Waals surface area contributed by atoms with Gasteiger partial charge in [-0.1, -0.05) is 66.7 Å². The molecule has 3 unspecified atom stereocenters. The minimum absolute atomic E-state index is 0.198. The lowest BCUT2D eigenvalue weighted by Gasteiger charge is -2.37. The quantitative estimate of drug-likeness (QED) is 0.287. The summed E-state index contributed by atoms with van der Waals surface area (Å²) in [6, 6.07) is 29.5. The first-order valence-corrected chi connectivity index (χ1v) is 16.5. The standard InChI is InChI=1S/C21H33N3O3S.C8H10O.C6H6/c1-3-24(16-25)18-10-12-23(13-11-18)15-17-4-5-19(14-17)22(2)28(27)21-8-6-20(26)7-9-21;1-9-7-8-5-3-2-4-6-8;1-2-4-6-5-3-1/h6-9,16-19,26H,3-5,10-15H2,1-2H3;2-6H,7H2,1H3;1-6H. The molecule has 0 spiro atoms. The number of amides is 1. The van der Waals surface area contributed by atoms with Gasteiger partial charge in [0, 0.05) is 52.4 Å². The van der Waals surface area contributed by atoms with E-state index in [-0.39, 0.29) is 5.75 Å². The van der Waals surface area contributed by atoms with E-state index in [0.717, 1.165) is 63.2 Å². The minimum atomic E-state index is -1.19. The zero-order valence-electron chi connectivity index (χ0n) is 26.0. The molecule has 43 heavy (non-hydrogen) atoms. The van der Waals surface area contributed by atoms with Crippen molar-refractivity contribution < 1.29 is 18.8 Å². The van der Waals surface area contributed by atoms with Gasteiger partial charge in [0.25, 0.3) is 0 Å². The fourth-order valence-electron chi connectivity index (χ4n) is 5.75. The molecule has 1 saturated carbocycles. The Morgan fingerprint density at radius 3 is 2.00 bits per heavy atom. The summed E-state index contributed by atoms with van der Waals surface area (Å²) < 4.78 is 19.7. The molecule has 0 bridgehead atoms. The van der Waals surface area contributed by atoms with E-state index in [1.54, 1.807) is 31.4 Å². The normalized spacial score (nSPS) is 19.4. The molecule has 2 fully saturated rings. The molecule has 8 heteroatoms. The van der Waals surface area contributed by atoms with Crippen molar-refractivity contribution in [3.63, 3.8) is 0 Å². The Morgan fingerprint density at radius 2 is 1.47 bits per heavy atom. The molecule has 1 N–H and O–H groups in total. The minimum Gasteiger partial charge on any atom is -0.508 e. The molecule has 3 aromatic rings. The van der Waals surface area contributed by atoms with E-state index >= 15 is 0 Å². The molecule has 5 rings (SSSR count). The number of hydrogen-bond donors (Lipinski definition) is 1. The van der Waals surface area contributed by atoms with Crippen LogP contribution in [0.5, 0.6) is 5.75 Å². The second-order valence-corrected chi connectivity index (χ2v) is 12.7. The lowest BCUT2D eigenvalue weighted by molar-refractivity contribution is -0.120. The number of aromatic hydroxyl groups is 1. The van der Waals surface area contributed by atoms with Crippen molar-refractivity contribution >= 4 is 17.4 Å². The van der Waals surface area contributed by atoms with Crippen molar-refractivity contribution in [3.8, 4) is 5.75 Å². The molecule has 1 aliphatic heterocycles. The van der Waals surface area contributed by atoms with E-state index in [1.807, 2.05) is 89.9 Å². The summed E-state index contributed by atoms with van der Waals surface area (Å²) in [4.78, 5) is 16.3. The molecule has 3 aromatic carbocycles. The fraction of sp³-hybridized carbons (Fsp3) is 0.457. The number of nitrogens with zero attached hydrogens (tertiary/aromatic N) is 3. The molecule has 234 valence electrons. The highest BCUT2D eigenvalue weighted by Gasteiger charge is 2.32. The fourth-order valence-corrected chi connectivity index (χ4v) is 6.92. The van der Waals surface area contributed by atoms with Crippen LogP contribution in [-0.4, -0.2) is 82.3 Å². The number of hydrogen-bond acceptors (Lipinski definition) is 5. The Morgan fingerprint density at radius 1 is 0.884 bits per heavy atom. The van der Waals surface area contributed by atoms with Gasteiger partial charge in [0.15, 0.2) is 0 Å². The van der Waals surface area contributed by atoms with Crippen molar-refractivity contribution in [2.24, 2.45) is 5.92 Å². The molecule has 1 amide bonds. The number of benzene rings is 3. The highest BCUT2D eigenvalue weighted by molar-refractivity contribution is 7.82. The van der Waals surface area contributed by atoms with Crippen LogP contribution in [0.1, 0.15) is 44.6 Å². The van der Waals surface area contributed by atoms with Crippen LogP contribution in [0.3, 0.4) is 0 Å². The summed E-state index contributed by atoms with van der Waals surface area (Å²) >= 11 is 0. The SMILES string of the molecule is CCN(C=O)C1CCN(CC2CCC(N(C)S(=O)c3ccc(O)cc3)C2)CC1.COCc1ccccc1.c1ccccc1. The number of ether oxygens (including phenoxy) is 1. The van der Waals surface area contributed by atoms with Crippen LogP contribution < -0.4 is 0 Å². The lowest BCUT2D eigenvalue weighted by atomic mass is 10.0. The Balaban J connectivity index is 0.000000273. The number of likely N-dealkylation sites (tertiary alicyclic amines) is 1. The third-order valence-corrected chi connectivity index (χ3v) is 9.69. The van der Waals surface area contributed by atoms with Crippen molar-refractivity contribution in [2.45, 2.75) is 62.6 Å². The number of carbonyl (C=O) groups is 1. The van der Waals surface area contributed by atoms with Gasteiger partial charge in [0.1, 0.15) is 16.7 Å². The van der Waals surface area contributed by atoms with Gasteiger partial charge < -0.3 is 19.6 Å². The Labute approximate surface area is 261 Å². The summed E-state index contributed by atoms with van der Waals surface area (Å²) in [5.74, 6) is 0.845. The van der Waals surface area contributed by atoms with Crippen LogP contribution in [0.2, 0.25) is 0 Å². The van der Waals surface area contributed by atoms with Crippen molar-refractivity contribution in [1.29, 1.82) is 0 Å². The maximum Gasteiger partial charge on any atom is 0.209 e. The third-order valence-electron chi connectivity index (χ3n) is 8.19. The van der Waals surface area contributed by atoms with E-state index in [2.05, 4.69) is 4.90 Å². The first kappa shape index (κ1) is 34.5. The molecule has 1 saturated heterocycles. The Bertz CT molecular complexity index is 1150. The zero-order valence-corrected chi connectivity index (χ0v) is 26.8. The van der Waals surface area contributed by atoms with Gasteiger partial charge in [-0.25, -0.2) is 8.51 Å². The van der Waals surface area contributed by atoms with Crippen LogP contribution in [0.4, 0.5) is 0 Å². The van der Waals surface area contributed by atoms with Gasteiger partial charge in [-0.05, 0) is 74.8 Å². The number of piperidine rings is 1. The first-order chi connectivity index (χ1) is 20.9. The second kappa shape index (κ2) is 19.3. The second-order valence-electron chi connectivity index (χ2n) is 11.2. The van der Waals surface area contributed by atoms with E-state index in [0.29, 0.717) is 24.6 Å². The van der Waals surface area contributed by atoms with Gasteiger partial charge in [0.05, 0.1) is 11.5 Å². The van der Waals surface area contributed by atoms with Gasteiger partial charge >= 0.3 is 0 Å². The van der Waals surface area contributed by atoms with Crippen LogP contribution in [0.15, 0.2) is 95.9 Å². The molecular formula is C35H49N3O4S. The molecular weight excluding hydrogens is 558 g/mol. The van der Waals surface area contributed by atoms with E-state index in [4.69, 9.17) is 4.74 Å². The Hall–Kier alpha value is -3.04. The monoisotopic (exact) mass is 607 g/mol. The zero-order chi connectivity index (χ0) is 30.9. The van der Waals surface area contributed by atoms with Crippen molar-refractivity contribution in [1.82, 2.24) is 14.1 Å². The molecule has 7 nitrogen and oxygen atoms in total. The van der Waals surface area contributed by atoms with E-state index in [1.165, 1.54) is 12.0 Å². The maximum absolute atomic E-state index is 12.8. The number of phenols is 1. The Kier molecular flexibility index (Phi) is 15.4. The smallest absolute Gasteiger partial charge is 0.209 e. The number of methoxy groups -OCH3 is 1. The molecule has 3 atom stereocenters. The summed E-state index contributed by atoms with van der Waals surface area (Å²) in [5.41, 5.74) is 1.22. The van der Waals surface area contributed by atoms with Gasteiger partial charge in [0.2, 0.25) is 6.41 Å². The summed E-state index contributed by atoms with van der Waals surface area (Å²) in [7, 11) is 2.46. The van der Waals surface area contributed by atoms with Crippen molar-refractivity contribution in [3.05, 3.63) is 96.6 Å². The summed E-state index contributed by atoms with van der Waals surface area (Å²) in [5, 5.41) is 9.42. The summed E-state index contributed by atoms with van der Waals surface area (Å²) in [6.45, 7) is 6.77. The third kappa shape index (κ3) is 11.9. The lowest BCUT2D eigenvalue weighted by Crippen LogP contribution is -2.45. The summed E-state index contributed by atoms with van der Waals surface area (Å²) in [6.07, 6.45) is 6.45. The predicted octanol–water partition coefficient (Wildman–Crippen LogP) is 5.98. The predicted molar refractivity (Wildman–Crippen MR) is 175 cm³/mol. The highest BCUT2D eigenvalue weighted by Crippen LogP contribution is 2.32. The van der Waals surface area contributed by atoms with Crippen LogP contribution >= 0.6 is 0 Å². The largest absolute Gasteiger partial charge is 0.508 e. The highest BCUT2D eigenvalue weighted by atomic mass is 32.2. The average Bonchev–Trinajstić information content (AvgIpc) is 3.53.